The van der Waals surface area contributed by atoms with Gasteiger partial charge in [-0.3, -0.25) is 0 Å². The molecule has 1 aromatic rings. The van der Waals surface area contributed by atoms with Crippen molar-refractivity contribution in [3.05, 3.63) is 34.9 Å². The van der Waals surface area contributed by atoms with Gasteiger partial charge in [-0.1, -0.05) is 28.9 Å². The summed E-state index contributed by atoms with van der Waals surface area (Å²) < 4.78 is 10.2. The fraction of sp³-hybridized carbons (Fsp3) is 0.333. The molecule has 1 heterocycles. The van der Waals surface area contributed by atoms with Gasteiger partial charge in [-0.05, 0) is 12.1 Å². The Kier molecular flexibility index (Phi) is 4.53. The molecule has 0 N–H and O–H groups in total. The Morgan fingerprint density at radius 2 is 2.28 bits per heavy atom. The normalized spacial score (nSPS) is 19.6. The fourth-order valence-electron chi connectivity index (χ4n) is 1.40. The second kappa shape index (κ2) is 6.36. The van der Waals surface area contributed by atoms with Gasteiger partial charge in [0.05, 0.1) is 6.61 Å². The zero-order chi connectivity index (χ0) is 12.8. The van der Waals surface area contributed by atoms with Crippen LogP contribution in [0.1, 0.15) is 5.56 Å². The number of benzene rings is 1. The van der Waals surface area contributed by atoms with Crippen molar-refractivity contribution in [2.45, 2.75) is 6.10 Å². The van der Waals surface area contributed by atoms with Crippen molar-refractivity contribution in [2.75, 3.05) is 20.0 Å². The van der Waals surface area contributed by atoms with Crippen molar-refractivity contribution in [2.24, 2.45) is 5.16 Å². The van der Waals surface area contributed by atoms with Crippen LogP contribution in [0.4, 0.5) is 0 Å². The van der Waals surface area contributed by atoms with Crippen LogP contribution in [-0.2, 0) is 14.3 Å². The molecule has 1 unspecified atom stereocenters. The summed E-state index contributed by atoms with van der Waals surface area (Å²) in [7, 11) is 0. The average molecular weight is 267 g/mol. The van der Waals surface area contributed by atoms with Crippen molar-refractivity contribution in [1.29, 1.82) is 5.26 Å². The van der Waals surface area contributed by atoms with Crippen LogP contribution in [0.2, 0.25) is 5.02 Å². The van der Waals surface area contributed by atoms with Gasteiger partial charge in [0.1, 0.15) is 25.6 Å². The molecule has 0 amide bonds. The lowest BCUT2D eigenvalue weighted by Gasteiger charge is -2.05. The molecular formula is C12H11ClN2O3. The lowest BCUT2D eigenvalue weighted by atomic mass is 10.1. The third-order valence-electron chi connectivity index (χ3n) is 2.33. The van der Waals surface area contributed by atoms with Gasteiger partial charge in [-0.2, -0.15) is 5.26 Å². The Hall–Kier alpha value is -1.61. The first-order chi connectivity index (χ1) is 8.79. The average Bonchev–Trinajstić information content (AvgIpc) is 2.89. The fourth-order valence-corrected chi connectivity index (χ4v) is 1.52. The minimum atomic E-state index is -0.126. The van der Waals surface area contributed by atoms with Crippen LogP contribution in [0.5, 0.6) is 0 Å². The monoisotopic (exact) mass is 266 g/mol. The molecule has 5 nitrogen and oxygen atoms in total. The molecule has 0 spiro atoms. The number of rotatable bonds is 4. The molecule has 94 valence electrons. The van der Waals surface area contributed by atoms with Gasteiger partial charge in [0.25, 0.3) is 0 Å². The van der Waals surface area contributed by atoms with Crippen molar-refractivity contribution >= 4 is 17.3 Å². The Balaban J connectivity index is 1.95. The molecule has 1 aromatic carbocycles. The number of hydrogen-bond donors (Lipinski definition) is 0. The van der Waals surface area contributed by atoms with E-state index in [2.05, 4.69) is 5.16 Å². The summed E-state index contributed by atoms with van der Waals surface area (Å²) in [5.74, 6) is 0. The first kappa shape index (κ1) is 12.8. The lowest BCUT2D eigenvalue weighted by molar-refractivity contribution is 0.00680. The second-order valence-electron chi connectivity index (χ2n) is 3.63. The maximum Gasteiger partial charge on any atom is 0.186 e. The molecule has 0 radical (unpaired) electrons. The van der Waals surface area contributed by atoms with Crippen molar-refractivity contribution in [3.8, 4) is 6.07 Å². The molecule has 1 fully saturated rings. The van der Waals surface area contributed by atoms with Gasteiger partial charge >= 0.3 is 0 Å². The summed E-state index contributed by atoms with van der Waals surface area (Å²) in [6.07, 6.45) is -0.126. The number of nitrogens with zero attached hydrogens (tertiary/aromatic N) is 2. The topological polar surface area (TPSA) is 63.8 Å². The zero-order valence-electron chi connectivity index (χ0n) is 9.51. The largest absolute Gasteiger partial charge is 0.392 e. The van der Waals surface area contributed by atoms with E-state index >= 15 is 0 Å². The highest BCUT2D eigenvalue weighted by Crippen LogP contribution is 2.10. The molecular weight excluding hydrogens is 256 g/mol. The summed E-state index contributed by atoms with van der Waals surface area (Å²) in [5.41, 5.74) is 0.857. The minimum absolute atomic E-state index is 0.126. The predicted molar refractivity (Wildman–Crippen MR) is 65.2 cm³/mol. The van der Waals surface area contributed by atoms with Crippen molar-refractivity contribution in [1.82, 2.24) is 0 Å². The lowest BCUT2D eigenvalue weighted by Crippen LogP contribution is -2.16. The molecule has 6 heteroatoms. The Bertz CT molecular complexity index is 461. The summed E-state index contributed by atoms with van der Waals surface area (Å²) in [4.78, 5) is 5.08. The molecule has 1 aliphatic heterocycles. The molecule has 2 rings (SSSR count). The Morgan fingerprint density at radius 1 is 1.50 bits per heavy atom. The van der Waals surface area contributed by atoms with E-state index in [1.54, 1.807) is 24.3 Å². The second-order valence-corrected chi connectivity index (χ2v) is 4.07. The summed E-state index contributed by atoms with van der Waals surface area (Å²) in [6.45, 7) is 1.02. The highest BCUT2D eigenvalue weighted by molar-refractivity contribution is 6.30. The standard InChI is InChI=1S/C12H11ClN2O3/c13-10-3-1-9(2-4-10)12(5-14)15-18-7-11-6-16-8-17-11/h1-4,11H,6-8H2. The number of oxime groups is 1. The first-order valence-corrected chi connectivity index (χ1v) is 5.73. The van der Waals surface area contributed by atoms with E-state index in [-0.39, 0.29) is 25.2 Å². The molecule has 0 aliphatic carbocycles. The van der Waals surface area contributed by atoms with E-state index in [1.807, 2.05) is 6.07 Å². The van der Waals surface area contributed by atoms with E-state index in [0.29, 0.717) is 17.2 Å². The third kappa shape index (κ3) is 3.44. The number of ether oxygens (including phenoxy) is 2. The van der Waals surface area contributed by atoms with Gasteiger partial charge in [0, 0.05) is 10.6 Å². The molecule has 1 aliphatic rings. The number of hydrogen-bond acceptors (Lipinski definition) is 5. The molecule has 18 heavy (non-hydrogen) atoms. The Labute approximate surface area is 110 Å². The van der Waals surface area contributed by atoms with E-state index in [4.69, 9.17) is 31.2 Å². The first-order valence-electron chi connectivity index (χ1n) is 5.35. The summed E-state index contributed by atoms with van der Waals surface area (Å²) in [5, 5.41) is 13.4. The summed E-state index contributed by atoms with van der Waals surface area (Å²) in [6, 6.07) is 8.78. The molecule has 0 bridgehead atoms. The van der Waals surface area contributed by atoms with E-state index in [9.17, 15) is 0 Å². The number of nitriles is 1. The Morgan fingerprint density at radius 3 is 2.89 bits per heavy atom. The maximum absolute atomic E-state index is 8.99. The van der Waals surface area contributed by atoms with E-state index in [1.165, 1.54) is 0 Å². The van der Waals surface area contributed by atoms with Gasteiger partial charge < -0.3 is 14.3 Å². The van der Waals surface area contributed by atoms with Crippen LogP contribution in [-0.4, -0.2) is 31.8 Å². The van der Waals surface area contributed by atoms with Crippen LogP contribution in [0.15, 0.2) is 29.4 Å². The van der Waals surface area contributed by atoms with Gasteiger partial charge in [-0.15, -0.1) is 0 Å². The van der Waals surface area contributed by atoms with E-state index < -0.39 is 0 Å². The van der Waals surface area contributed by atoms with Crippen molar-refractivity contribution in [3.63, 3.8) is 0 Å². The highest BCUT2D eigenvalue weighted by Gasteiger charge is 2.16. The summed E-state index contributed by atoms with van der Waals surface area (Å²) >= 11 is 5.77. The molecule has 0 saturated carbocycles. The minimum Gasteiger partial charge on any atom is -0.392 e. The van der Waals surface area contributed by atoms with Gasteiger partial charge in [0.2, 0.25) is 0 Å². The van der Waals surface area contributed by atoms with Crippen LogP contribution in [0.3, 0.4) is 0 Å². The van der Waals surface area contributed by atoms with Crippen LogP contribution in [0, 0.1) is 11.3 Å². The van der Waals surface area contributed by atoms with Gasteiger partial charge in [0.15, 0.2) is 5.71 Å². The SMILES string of the molecule is N#CC(=NOCC1COCO1)c1ccc(Cl)cc1. The van der Waals surface area contributed by atoms with Crippen LogP contribution < -0.4 is 0 Å². The molecule has 1 saturated heterocycles. The van der Waals surface area contributed by atoms with Crippen molar-refractivity contribution < 1.29 is 14.3 Å². The van der Waals surface area contributed by atoms with Crippen LogP contribution in [0.25, 0.3) is 0 Å². The number of halogens is 1. The van der Waals surface area contributed by atoms with E-state index in [0.717, 1.165) is 0 Å². The molecule has 1 atom stereocenters. The molecule has 0 aromatic heterocycles. The predicted octanol–water partition coefficient (Wildman–Crippen LogP) is 1.96. The van der Waals surface area contributed by atoms with Gasteiger partial charge in [-0.25, -0.2) is 0 Å². The third-order valence-corrected chi connectivity index (χ3v) is 2.58. The zero-order valence-corrected chi connectivity index (χ0v) is 10.3. The highest BCUT2D eigenvalue weighted by atomic mass is 35.5. The maximum atomic E-state index is 8.99. The smallest absolute Gasteiger partial charge is 0.186 e. The quantitative estimate of drug-likeness (QED) is 0.617. The van der Waals surface area contributed by atoms with Crippen LogP contribution >= 0.6 is 11.6 Å².